The summed E-state index contributed by atoms with van der Waals surface area (Å²) in [7, 11) is 1.42. The monoisotopic (exact) mass is 521 g/mol. The average molecular weight is 522 g/mol. The van der Waals surface area contributed by atoms with E-state index in [1.807, 2.05) is 6.92 Å². The summed E-state index contributed by atoms with van der Waals surface area (Å²) in [5, 5.41) is 0. The summed E-state index contributed by atoms with van der Waals surface area (Å²) in [6.07, 6.45) is 3.25. The Morgan fingerprint density at radius 3 is 2.31 bits per heavy atom. The predicted octanol–water partition coefficient (Wildman–Crippen LogP) is 2.90. The fourth-order valence-corrected chi connectivity index (χ4v) is 7.19. The molecule has 9 heteroatoms. The van der Waals surface area contributed by atoms with Crippen LogP contribution in [0.3, 0.4) is 0 Å². The summed E-state index contributed by atoms with van der Waals surface area (Å²) in [5.74, 6) is 0.501. The van der Waals surface area contributed by atoms with Crippen LogP contribution in [0.2, 0.25) is 0 Å². The zero-order valence-corrected chi connectivity index (χ0v) is 23.6. The maximum Gasteiger partial charge on any atom is 0.243 e. The van der Waals surface area contributed by atoms with E-state index >= 15 is 0 Å². The van der Waals surface area contributed by atoms with Crippen LogP contribution < -0.4 is 4.74 Å². The average Bonchev–Trinajstić information content (AvgIpc) is 3.31. The molecule has 2 saturated heterocycles. The van der Waals surface area contributed by atoms with E-state index in [1.54, 1.807) is 33.1 Å². The smallest absolute Gasteiger partial charge is 0.243 e. The fourth-order valence-electron chi connectivity index (χ4n) is 5.62. The standard InChI is InChI=1S/C27H43N3O5S/c1-19-15-25(35-6)16-20(2)27(19)36(33,34)29(5)13-10-24(31)17-26(32)21(3)22-7-14-30(18-22)23-8-11-28(4)12-9-23/h15-16,21-23H,7-14,17-18H2,1-6H3/t21?,22-/m1/s1. The van der Waals surface area contributed by atoms with Crippen LogP contribution in [-0.4, -0.2) is 94.1 Å². The van der Waals surface area contributed by atoms with E-state index in [0.29, 0.717) is 22.9 Å². The van der Waals surface area contributed by atoms with Crippen LogP contribution in [0.5, 0.6) is 5.75 Å². The molecule has 3 rings (SSSR count). The maximum absolute atomic E-state index is 13.2. The third kappa shape index (κ3) is 6.73. The number of rotatable bonds is 11. The van der Waals surface area contributed by atoms with Crippen molar-refractivity contribution < 1.29 is 22.7 Å². The van der Waals surface area contributed by atoms with Gasteiger partial charge in [0.05, 0.1) is 18.4 Å². The molecule has 0 spiro atoms. The van der Waals surface area contributed by atoms with Crippen molar-refractivity contribution in [3.05, 3.63) is 23.3 Å². The van der Waals surface area contributed by atoms with Gasteiger partial charge in [0.15, 0.2) is 0 Å². The summed E-state index contributed by atoms with van der Waals surface area (Å²) in [5.41, 5.74) is 1.19. The highest BCUT2D eigenvalue weighted by molar-refractivity contribution is 7.89. The highest BCUT2D eigenvalue weighted by Crippen LogP contribution is 2.30. The van der Waals surface area contributed by atoms with Crippen molar-refractivity contribution >= 4 is 21.6 Å². The number of likely N-dealkylation sites (tertiary alicyclic amines) is 2. The number of carbonyl (C=O) groups is 2. The normalized spacial score (nSPS) is 21.1. The van der Waals surface area contributed by atoms with Gasteiger partial charge in [0.25, 0.3) is 0 Å². The van der Waals surface area contributed by atoms with E-state index < -0.39 is 10.0 Å². The number of ketones is 2. The van der Waals surface area contributed by atoms with Crippen LogP contribution in [0.15, 0.2) is 17.0 Å². The van der Waals surface area contributed by atoms with Gasteiger partial charge in [-0.3, -0.25) is 14.5 Å². The minimum atomic E-state index is -3.77. The Hall–Kier alpha value is -1.81. The van der Waals surface area contributed by atoms with Gasteiger partial charge in [0, 0.05) is 38.5 Å². The number of hydrogen-bond donors (Lipinski definition) is 0. The SMILES string of the molecule is COc1cc(C)c(S(=O)(=O)N(C)CCC(=O)CC(=O)C(C)[C@@H]2CCN(C3CCN(C)CC3)C2)c(C)c1. The summed E-state index contributed by atoms with van der Waals surface area (Å²) in [4.78, 5) is 30.6. The third-order valence-electron chi connectivity index (χ3n) is 8.09. The van der Waals surface area contributed by atoms with Gasteiger partial charge in [0.1, 0.15) is 17.3 Å². The number of methoxy groups -OCH3 is 1. The second-order valence-electron chi connectivity index (χ2n) is 10.7. The number of Topliss-reactive ketones (excluding diaryl/α,β-unsaturated/α-hetero) is 2. The Morgan fingerprint density at radius 2 is 1.72 bits per heavy atom. The molecule has 36 heavy (non-hydrogen) atoms. The molecular formula is C27H43N3O5S. The van der Waals surface area contributed by atoms with E-state index in [1.165, 1.54) is 24.2 Å². The third-order valence-corrected chi connectivity index (χ3v) is 10.3. The van der Waals surface area contributed by atoms with E-state index in [4.69, 9.17) is 4.74 Å². The maximum atomic E-state index is 13.2. The first-order valence-corrected chi connectivity index (χ1v) is 14.5. The molecular weight excluding hydrogens is 478 g/mol. The number of benzene rings is 1. The molecule has 0 N–H and O–H groups in total. The van der Waals surface area contributed by atoms with Crippen molar-refractivity contribution in [1.82, 2.24) is 14.1 Å². The largest absolute Gasteiger partial charge is 0.497 e. The molecule has 1 aromatic carbocycles. The highest BCUT2D eigenvalue weighted by Gasteiger charge is 2.35. The number of nitrogens with zero attached hydrogens (tertiary/aromatic N) is 3. The van der Waals surface area contributed by atoms with Gasteiger partial charge >= 0.3 is 0 Å². The first kappa shape index (κ1) is 28.8. The quantitative estimate of drug-likeness (QED) is 0.414. The van der Waals surface area contributed by atoms with E-state index in [9.17, 15) is 18.0 Å². The van der Waals surface area contributed by atoms with Gasteiger partial charge in [0.2, 0.25) is 10.0 Å². The van der Waals surface area contributed by atoms with Gasteiger partial charge in [-0.2, -0.15) is 0 Å². The molecule has 202 valence electrons. The molecule has 0 bridgehead atoms. The van der Waals surface area contributed by atoms with Crippen LogP contribution in [0, 0.1) is 25.7 Å². The summed E-state index contributed by atoms with van der Waals surface area (Å²) >= 11 is 0. The number of aryl methyl sites for hydroxylation is 2. The minimum absolute atomic E-state index is 0.0226. The molecule has 0 saturated carbocycles. The van der Waals surface area contributed by atoms with Gasteiger partial charge in [-0.15, -0.1) is 0 Å². The lowest BCUT2D eigenvalue weighted by Crippen LogP contribution is -2.43. The van der Waals surface area contributed by atoms with Gasteiger partial charge < -0.3 is 9.64 Å². The molecule has 0 aliphatic carbocycles. The zero-order valence-electron chi connectivity index (χ0n) is 22.7. The van der Waals surface area contributed by atoms with Crippen molar-refractivity contribution in [2.75, 3.05) is 53.9 Å². The molecule has 2 atom stereocenters. The molecule has 2 fully saturated rings. The zero-order chi connectivity index (χ0) is 26.6. The molecule has 2 heterocycles. The van der Waals surface area contributed by atoms with Crippen molar-refractivity contribution in [1.29, 1.82) is 0 Å². The predicted molar refractivity (Wildman–Crippen MR) is 141 cm³/mol. The Balaban J connectivity index is 1.50. The van der Waals surface area contributed by atoms with Crippen LogP contribution >= 0.6 is 0 Å². The summed E-state index contributed by atoms with van der Waals surface area (Å²) in [6.45, 7) is 9.66. The van der Waals surface area contributed by atoms with E-state index in [-0.39, 0.29) is 47.7 Å². The first-order chi connectivity index (χ1) is 16.9. The van der Waals surface area contributed by atoms with Crippen molar-refractivity contribution in [3.63, 3.8) is 0 Å². The minimum Gasteiger partial charge on any atom is -0.497 e. The van der Waals surface area contributed by atoms with Crippen LogP contribution in [0.25, 0.3) is 0 Å². The molecule has 1 unspecified atom stereocenters. The lowest BCUT2D eigenvalue weighted by atomic mass is 9.87. The van der Waals surface area contributed by atoms with Crippen molar-refractivity contribution in [2.45, 2.75) is 63.8 Å². The Bertz CT molecular complexity index is 1030. The van der Waals surface area contributed by atoms with Crippen molar-refractivity contribution in [3.8, 4) is 5.75 Å². The highest BCUT2D eigenvalue weighted by atomic mass is 32.2. The molecule has 0 aromatic heterocycles. The summed E-state index contributed by atoms with van der Waals surface area (Å²) in [6, 6.07) is 3.98. The van der Waals surface area contributed by atoms with Crippen LogP contribution in [0.4, 0.5) is 0 Å². The Kier molecular flexibility index (Phi) is 9.71. The Labute approximate surface area is 217 Å². The molecule has 0 amide bonds. The fraction of sp³-hybridized carbons (Fsp3) is 0.704. The molecule has 1 aromatic rings. The Morgan fingerprint density at radius 1 is 1.11 bits per heavy atom. The van der Waals surface area contributed by atoms with Gasteiger partial charge in [-0.25, -0.2) is 12.7 Å². The second-order valence-corrected chi connectivity index (χ2v) is 12.7. The van der Waals surface area contributed by atoms with Gasteiger partial charge in [-0.1, -0.05) is 6.92 Å². The molecule has 2 aliphatic rings. The lowest BCUT2D eigenvalue weighted by Gasteiger charge is -2.35. The summed E-state index contributed by atoms with van der Waals surface area (Å²) < 4.78 is 32.8. The molecule has 2 aliphatic heterocycles. The number of hydrogen-bond acceptors (Lipinski definition) is 7. The second kappa shape index (κ2) is 12.2. The number of carbonyl (C=O) groups excluding carboxylic acids is 2. The first-order valence-electron chi connectivity index (χ1n) is 13.0. The van der Waals surface area contributed by atoms with E-state index in [2.05, 4.69) is 16.8 Å². The number of ether oxygens (including phenoxy) is 1. The van der Waals surface area contributed by atoms with Gasteiger partial charge in [-0.05, 0) is 89.0 Å². The topological polar surface area (TPSA) is 87.2 Å². The molecule has 0 radical (unpaired) electrons. The number of sulfonamides is 1. The van der Waals surface area contributed by atoms with Crippen LogP contribution in [0.1, 0.15) is 50.2 Å². The van der Waals surface area contributed by atoms with Crippen molar-refractivity contribution in [2.24, 2.45) is 11.8 Å². The van der Waals surface area contributed by atoms with E-state index in [0.717, 1.165) is 32.6 Å². The van der Waals surface area contributed by atoms with Crippen LogP contribution in [-0.2, 0) is 19.6 Å². The lowest BCUT2D eigenvalue weighted by molar-refractivity contribution is -0.130. The number of piperidine rings is 1. The molecule has 8 nitrogen and oxygen atoms in total.